The molecular weight excluding hydrogens is 549 g/mol. The number of pyridine rings is 1. The minimum atomic E-state index is -0.724. The topological polar surface area (TPSA) is 98.7 Å². The summed E-state index contributed by atoms with van der Waals surface area (Å²) in [5.41, 5.74) is 1.33. The number of nitrogens with one attached hydrogen (secondary N) is 2. The standard InChI is InChI=1S/C31H27ClFN3O5/c1-40-18-24-28(30(38)34-21-9-7-20(32)8-10-21)29(24)31(39)35-26-12-11-22(15-25(26)33)36-14-13-23(16-27(36)37)41-17-19-5-3-2-4-6-19/h2-16,24,28-29H,17-18H2,1H3,(H,34,38)(H,35,39)/t24?,28-,29+/m0/s1. The molecule has 2 N–H and O–H groups in total. The molecule has 0 aliphatic heterocycles. The first-order valence-electron chi connectivity index (χ1n) is 12.9. The van der Waals surface area contributed by atoms with E-state index in [0.717, 1.165) is 11.6 Å². The average Bonchev–Trinajstić information content (AvgIpc) is 3.69. The van der Waals surface area contributed by atoms with Gasteiger partial charge in [-0.3, -0.25) is 19.0 Å². The molecule has 1 aliphatic carbocycles. The normalized spacial score (nSPS) is 17.5. The summed E-state index contributed by atoms with van der Waals surface area (Å²) in [6, 6.07) is 23.2. The van der Waals surface area contributed by atoms with E-state index in [9.17, 15) is 14.4 Å². The number of ether oxygens (including phenoxy) is 2. The Bertz CT molecular complexity index is 1610. The Labute approximate surface area is 240 Å². The molecule has 0 saturated heterocycles. The van der Waals surface area contributed by atoms with Crippen LogP contribution in [-0.4, -0.2) is 30.1 Å². The summed E-state index contributed by atoms with van der Waals surface area (Å²) in [4.78, 5) is 38.6. The molecule has 3 aromatic carbocycles. The second-order valence-electron chi connectivity index (χ2n) is 9.67. The summed E-state index contributed by atoms with van der Waals surface area (Å²) < 4.78 is 27.2. The average molecular weight is 576 g/mol. The third kappa shape index (κ3) is 6.65. The molecule has 8 nitrogen and oxygen atoms in total. The SMILES string of the molecule is COCC1[C@@H](C(=O)Nc2ccc(-n3ccc(OCc4ccccc4)cc3=O)cc2F)[C@H]1C(=O)Nc1ccc(Cl)cc1. The van der Waals surface area contributed by atoms with E-state index in [1.165, 1.54) is 36.1 Å². The molecular formula is C31H27ClFN3O5. The van der Waals surface area contributed by atoms with Gasteiger partial charge in [-0.25, -0.2) is 4.39 Å². The predicted molar refractivity (Wildman–Crippen MR) is 154 cm³/mol. The third-order valence-electron chi connectivity index (χ3n) is 6.87. The van der Waals surface area contributed by atoms with Crippen molar-refractivity contribution in [1.29, 1.82) is 0 Å². The van der Waals surface area contributed by atoms with Gasteiger partial charge in [0.2, 0.25) is 11.8 Å². The summed E-state index contributed by atoms with van der Waals surface area (Å²) in [5, 5.41) is 5.89. The van der Waals surface area contributed by atoms with E-state index in [0.29, 0.717) is 23.1 Å². The van der Waals surface area contributed by atoms with Crippen molar-refractivity contribution in [2.24, 2.45) is 17.8 Å². The van der Waals surface area contributed by atoms with Gasteiger partial charge in [-0.1, -0.05) is 41.9 Å². The minimum Gasteiger partial charge on any atom is -0.489 e. The number of halogens is 2. The largest absolute Gasteiger partial charge is 0.489 e. The lowest BCUT2D eigenvalue weighted by Crippen LogP contribution is -2.21. The van der Waals surface area contributed by atoms with Crippen LogP contribution in [0.25, 0.3) is 5.69 Å². The minimum absolute atomic E-state index is 0.0606. The number of benzene rings is 3. The van der Waals surface area contributed by atoms with E-state index >= 15 is 4.39 Å². The van der Waals surface area contributed by atoms with Crippen molar-refractivity contribution in [2.75, 3.05) is 24.4 Å². The maximum absolute atomic E-state index is 15.1. The molecule has 3 atom stereocenters. The Kier molecular flexibility index (Phi) is 8.47. The molecule has 0 spiro atoms. The van der Waals surface area contributed by atoms with Crippen molar-refractivity contribution in [2.45, 2.75) is 6.61 Å². The molecule has 41 heavy (non-hydrogen) atoms. The zero-order valence-corrected chi connectivity index (χ0v) is 22.8. The van der Waals surface area contributed by atoms with Crippen LogP contribution in [0, 0.1) is 23.6 Å². The highest BCUT2D eigenvalue weighted by Crippen LogP contribution is 2.48. The van der Waals surface area contributed by atoms with Crippen LogP contribution in [0.2, 0.25) is 5.02 Å². The van der Waals surface area contributed by atoms with Crippen LogP contribution < -0.4 is 20.9 Å². The van der Waals surface area contributed by atoms with Crippen molar-refractivity contribution in [3.05, 3.63) is 118 Å². The lowest BCUT2D eigenvalue weighted by Gasteiger charge is -2.11. The first-order chi connectivity index (χ1) is 19.8. The fraction of sp³-hybridized carbons (Fsp3) is 0.194. The number of carbonyl (C=O) groups is 2. The molecule has 1 heterocycles. The van der Waals surface area contributed by atoms with E-state index in [-0.39, 0.29) is 29.8 Å². The van der Waals surface area contributed by atoms with Crippen LogP contribution in [0.15, 0.2) is 95.9 Å². The molecule has 1 fully saturated rings. The maximum atomic E-state index is 15.1. The van der Waals surface area contributed by atoms with Gasteiger partial charge in [0.1, 0.15) is 18.2 Å². The Morgan fingerprint density at radius 3 is 2.29 bits per heavy atom. The number of aromatic nitrogens is 1. The zero-order valence-electron chi connectivity index (χ0n) is 22.1. The molecule has 0 bridgehead atoms. The van der Waals surface area contributed by atoms with Crippen molar-refractivity contribution in [3.63, 3.8) is 0 Å². The van der Waals surface area contributed by atoms with Gasteiger partial charge in [0.05, 0.1) is 29.8 Å². The van der Waals surface area contributed by atoms with Gasteiger partial charge in [0.25, 0.3) is 5.56 Å². The Morgan fingerprint density at radius 1 is 0.927 bits per heavy atom. The Morgan fingerprint density at radius 2 is 1.63 bits per heavy atom. The van der Waals surface area contributed by atoms with Gasteiger partial charge in [0.15, 0.2) is 0 Å². The molecule has 1 unspecified atom stereocenters. The molecule has 1 aromatic heterocycles. The van der Waals surface area contributed by atoms with Crippen LogP contribution in [0.5, 0.6) is 5.75 Å². The number of carbonyl (C=O) groups excluding carboxylic acids is 2. The van der Waals surface area contributed by atoms with Crippen molar-refractivity contribution >= 4 is 34.8 Å². The lowest BCUT2D eigenvalue weighted by atomic mass is 10.2. The molecule has 4 aromatic rings. The fourth-order valence-corrected chi connectivity index (χ4v) is 4.85. The quantitative estimate of drug-likeness (QED) is 0.268. The van der Waals surface area contributed by atoms with Crippen LogP contribution in [0.4, 0.5) is 15.8 Å². The highest BCUT2D eigenvalue weighted by Gasteiger charge is 2.58. The maximum Gasteiger partial charge on any atom is 0.258 e. The molecule has 2 amide bonds. The summed E-state index contributed by atoms with van der Waals surface area (Å²) >= 11 is 5.90. The van der Waals surface area contributed by atoms with E-state index in [4.69, 9.17) is 21.1 Å². The second kappa shape index (κ2) is 12.4. The molecule has 5 rings (SSSR count). The Balaban J connectivity index is 1.24. The number of hydrogen-bond donors (Lipinski definition) is 2. The third-order valence-corrected chi connectivity index (χ3v) is 7.12. The molecule has 10 heteroatoms. The van der Waals surface area contributed by atoms with Gasteiger partial charge in [-0.05, 0) is 48.0 Å². The number of methoxy groups -OCH3 is 1. The Hall–Kier alpha value is -4.47. The molecule has 0 radical (unpaired) electrons. The zero-order chi connectivity index (χ0) is 28.9. The van der Waals surface area contributed by atoms with Crippen LogP contribution >= 0.6 is 11.6 Å². The van der Waals surface area contributed by atoms with E-state index in [2.05, 4.69) is 10.6 Å². The summed E-state index contributed by atoms with van der Waals surface area (Å²) in [6.07, 6.45) is 1.50. The molecule has 1 aliphatic rings. The lowest BCUT2D eigenvalue weighted by molar-refractivity contribution is -0.122. The van der Waals surface area contributed by atoms with Gasteiger partial charge in [-0.15, -0.1) is 0 Å². The number of anilines is 2. The van der Waals surface area contributed by atoms with Crippen LogP contribution in [0.1, 0.15) is 5.56 Å². The fourth-order valence-electron chi connectivity index (χ4n) is 4.72. The summed E-state index contributed by atoms with van der Waals surface area (Å²) in [6.45, 7) is 0.509. The van der Waals surface area contributed by atoms with E-state index in [1.807, 2.05) is 30.3 Å². The predicted octanol–water partition coefficient (Wildman–Crippen LogP) is 5.29. The number of hydrogen-bond acceptors (Lipinski definition) is 5. The highest BCUT2D eigenvalue weighted by atomic mass is 35.5. The van der Waals surface area contributed by atoms with E-state index in [1.54, 1.807) is 30.3 Å². The van der Waals surface area contributed by atoms with Crippen molar-refractivity contribution in [1.82, 2.24) is 4.57 Å². The van der Waals surface area contributed by atoms with Gasteiger partial charge < -0.3 is 20.1 Å². The number of amides is 2. The van der Waals surface area contributed by atoms with Crippen LogP contribution in [-0.2, 0) is 20.9 Å². The van der Waals surface area contributed by atoms with Crippen LogP contribution in [0.3, 0.4) is 0 Å². The molecule has 1 saturated carbocycles. The van der Waals surface area contributed by atoms with Gasteiger partial charge in [0, 0.05) is 42.1 Å². The number of rotatable bonds is 10. The summed E-state index contributed by atoms with van der Waals surface area (Å²) in [5.74, 6) is -2.83. The monoisotopic (exact) mass is 575 g/mol. The van der Waals surface area contributed by atoms with E-state index < -0.39 is 29.1 Å². The summed E-state index contributed by atoms with van der Waals surface area (Å²) in [7, 11) is 1.49. The first kappa shape index (κ1) is 28.1. The van der Waals surface area contributed by atoms with Crippen molar-refractivity contribution in [3.8, 4) is 11.4 Å². The van der Waals surface area contributed by atoms with Crippen molar-refractivity contribution < 1.29 is 23.5 Å². The van der Waals surface area contributed by atoms with Gasteiger partial charge in [-0.2, -0.15) is 0 Å². The number of nitrogens with zero attached hydrogens (tertiary/aromatic N) is 1. The van der Waals surface area contributed by atoms with Gasteiger partial charge >= 0.3 is 0 Å². The highest BCUT2D eigenvalue weighted by molar-refractivity contribution is 6.30. The second-order valence-corrected chi connectivity index (χ2v) is 10.1. The molecule has 210 valence electrons. The first-order valence-corrected chi connectivity index (χ1v) is 13.3. The smallest absolute Gasteiger partial charge is 0.258 e.